The van der Waals surface area contributed by atoms with E-state index in [1.165, 1.54) is 11.0 Å². The van der Waals surface area contributed by atoms with E-state index in [1.54, 1.807) is 72.9 Å². The number of benzene rings is 3. The van der Waals surface area contributed by atoms with E-state index in [0.717, 1.165) is 17.4 Å². The van der Waals surface area contributed by atoms with Gasteiger partial charge in [0.2, 0.25) is 0 Å². The number of nitrogens with zero attached hydrogens (tertiary/aromatic N) is 3. The third-order valence-electron chi connectivity index (χ3n) is 5.35. The molecule has 5 rings (SSSR count). The molecule has 0 unspecified atom stereocenters. The van der Waals surface area contributed by atoms with Gasteiger partial charge in [0.05, 0.1) is 16.9 Å². The lowest BCUT2D eigenvalue weighted by Gasteiger charge is -2.19. The van der Waals surface area contributed by atoms with Crippen molar-refractivity contribution in [1.29, 1.82) is 0 Å². The van der Waals surface area contributed by atoms with Crippen molar-refractivity contribution in [3.05, 3.63) is 125 Å². The molecule has 0 aliphatic heterocycles. The number of pyridine rings is 1. The predicted molar refractivity (Wildman–Crippen MR) is 131 cm³/mol. The van der Waals surface area contributed by atoms with Gasteiger partial charge in [0, 0.05) is 29.0 Å². The van der Waals surface area contributed by atoms with Crippen LogP contribution in [0.4, 0.5) is 13.9 Å². The third-order valence-corrected chi connectivity index (χ3v) is 6.38. The van der Waals surface area contributed by atoms with E-state index in [0.29, 0.717) is 27.1 Å². The molecule has 35 heavy (non-hydrogen) atoms. The van der Waals surface area contributed by atoms with Crippen LogP contribution < -0.4 is 4.90 Å². The standard InChI is InChI=1S/C27H17F2N3O2S/c28-20-14-22(29)24-23(15-20)35-27(31-24)32(16-21-8-4-5-13-30-21)26(34)19-11-9-18(10-12-19)25(33)17-6-2-1-3-7-17/h1-15H,16H2. The van der Waals surface area contributed by atoms with Gasteiger partial charge in [-0.15, -0.1) is 0 Å². The molecule has 3 aromatic carbocycles. The van der Waals surface area contributed by atoms with Crippen molar-refractivity contribution in [3.63, 3.8) is 0 Å². The molecule has 172 valence electrons. The van der Waals surface area contributed by atoms with Gasteiger partial charge in [0.1, 0.15) is 11.3 Å². The Morgan fingerprint density at radius 2 is 1.51 bits per heavy atom. The molecule has 0 saturated carbocycles. The molecule has 0 bridgehead atoms. The summed E-state index contributed by atoms with van der Waals surface area (Å²) in [4.78, 5) is 36.2. The van der Waals surface area contributed by atoms with Gasteiger partial charge >= 0.3 is 0 Å². The Labute approximate surface area is 203 Å². The van der Waals surface area contributed by atoms with Crippen molar-refractivity contribution < 1.29 is 18.4 Å². The Bertz CT molecular complexity index is 1520. The van der Waals surface area contributed by atoms with Crippen molar-refractivity contribution in [2.24, 2.45) is 0 Å². The summed E-state index contributed by atoms with van der Waals surface area (Å²) in [6, 6.07) is 22.4. The number of hydrogen-bond acceptors (Lipinski definition) is 5. The van der Waals surface area contributed by atoms with Crippen LogP contribution in [-0.4, -0.2) is 21.7 Å². The number of carbonyl (C=O) groups excluding carboxylic acids is 2. The maximum Gasteiger partial charge on any atom is 0.260 e. The van der Waals surface area contributed by atoms with Crippen LogP contribution in [0.1, 0.15) is 32.0 Å². The third kappa shape index (κ3) is 4.69. The van der Waals surface area contributed by atoms with Crippen molar-refractivity contribution in [3.8, 4) is 0 Å². The van der Waals surface area contributed by atoms with Crippen molar-refractivity contribution >= 4 is 38.4 Å². The van der Waals surface area contributed by atoms with E-state index in [4.69, 9.17) is 0 Å². The summed E-state index contributed by atoms with van der Waals surface area (Å²) in [5.41, 5.74) is 1.90. The van der Waals surface area contributed by atoms with E-state index in [1.807, 2.05) is 6.07 Å². The molecule has 2 heterocycles. The molecule has 0 N–H and O–H groups in total. The van der Waals surface area contributed by atoms with E-state index in [2.05, 4.69) is 9.97 Å². The first-order valence-corrected chi connectivity index (χ1v) is 11.5. The van der Waals surface area contributed by atoms with Gasteiger partial charge in [-0.05, 0) is 30.3 Å². The number of anilines is 1. The van der Waals surface area contributed by atoms with Gasteiger partial charge in [-0.3, -0.25) is 19.5 Å². The number of rotatable bonds is 6. The van der Waals surface area contributed by atoms with Crippen molar-refractivity contribution in [1.82, 2.24) is 9.97 Å². The zero-order chi connectivity index (χ0) is 24.4. The average molecular weight is 486 g/mol. The minimum absolute atomic E-state index is 0.00553. The lowest BCUT2D eigenvalue weighted by Crippen LogP contribution is -2.30. The molecular formula is C27H17F2N3O2S. The maximum absolute atomic E-state index is 14.3. The van der Waals surface area contributed by atoms with Crippen LogP contribution in [-0.2, 0) is 6.54 Å². The molecule has 5 aromatic rings. The quantitative estimate of drug-likeness (QED) is 0.275. The number of thiazole rings is 1. The Morgan fingerprint density at radius 1 is 0.829 bits per heavy atom. The van der Waals surface area contributed by atoms with Crippen LogP contribution in [0.25, 0.3) is 10.2 Å². The first-order valence-electron chi connectivity index (χ1n) is 10.7. The molecular weight excluding hydrogens is 468 g/mol. The summed E-state index contributed by atoms with van der Waals surface area (Å²) >= 11 is 1.01. The number of fused-ring (bicyclic) bond motifs is 1. The van der Waals surface area contributed by atoms with E-state index >= 15 is 0 Å². The zero-order valence-corrected chi connectivity index (χ0v) is 19.0. The predicted octanol–water partition coefficient (Wildman–Crippen LogP) is 6.05. The maximum atomic E-state index is 14.3. The Kier molecular flexibility index (Phi) is 6.12. The van der Waals surface area contributed by atoms with Crippen LogP contribution in [0.15, 0.2) is 91.1 Å². The first-order chi connectivity index (χ1) is 17.0. The molecule has 0 spiro atoms. The monoisotopic (exact) mass is 485 g/mol. The average Bonchev–Trinajstić information content (AvgIpc) is 3.32. The second-order valence-electron chi connectivity index (χ2n) is 7.72. The van der Waals surface area contributed by atoms with Gasteiger partial charge in [0.15, 0.2) is 16.7 Å². The number of amides is 1. The number of carbonyl (C=O) groups is 2. The molecule has 0 aliphatic carbocycles. The Hall–Kier alpha value is -4.30. The van der Waals surface area contributed by atoms with E-state index < -0.39 is 17.5 Å². The SMILES string of the molecule is O=C(c1ccccc1)c1ccc(C(=O)N(Cc2ccccn2)c2nc3c(F)cc(F)cc3s2)cc1. The fourth-order valence-electron chi connectivity index (χ4n) is 3.62. The second-order valence-corrected chi connectivity index (χ2v) is 8.72. The minimum Gasteiger partial charge on any atom is -0.289 e. The van der Waals surface area contributed by atoms with Gasteiger partial charge in [-0.25, -0.2) is 13.8 Å². The van der Waals surface area contributed by atoms with E-state index in [-0.39, 0.29) is 23.0 Å². The van der Waals surface area contributed by atoms with E-state index in [9.17, 15) is 18.4 Å². The van der Waals surface area contributed by atoms with Crippen molar-refractivity contribution in [2.75, 3.05) is 4.90 Å². The van der Waals surface area contributed by atoms with Crippen LogP contribution in [0.2, 0.25) is 0 Å². The largest absolute Gasteiger partial charge is 0.289 e. The van der Waals surface area contributed by atoms with Crippen molar-refractivity contribution in [2.45, 2.75) is 6.54 Å². The molecule has 0 atom stereocenters. The summed E-state index contributed by atoms with van der Waals surface area (Å²) in [5.74, 6) is -2.07. The fourth-order valence-corrected chi connectivity index (χ4v) is 4.62. The normalized spacial score (nSPS) is 10.9. The minimum atomic E-state index is -0.795. The lowest BCUT2D eigenvalue weighted by molar-refractivity contribution is 0.0982. The van der Waals surface area contributed by atoms with Crippen LogP contribution in [0.3, 0.4) is 0 Å². The molecule has 8 heteroatoms. The van der Waals surface area contributed by atoms with Crippen LogP contribution in [0, 0.1) is 11.6 Å². The highest BCUT2D eigenvalue weighted by Gasteiger charge is 2.24. The number of ketones is 1. The topological polar surface area (TPSA) is 63.2 Å². The summed E-state index contributed by atoms with van der Waals surface area (Å²) < 4.78 is 28.3. The van der Waals surface area contributed by atoms with Crippen LogP contribution in [0.5, 0.6) is 0 Å². The number of halogens is 2. The molecule has 5 nitrogen and oxygen atoms in total. The molecule has 0 saturated heterocycles. The zero-order valence-electron chi connectivity index (χ0n) is 18.2. The molecule has 0 aliphatic rings. The fraction of sp³-hybridized carbons (Fsp3) is 0.0370. The van der Waals surface area contributed by atoms with Gasteiger partial charge < -0.3 is 0 Å². The van der Waals surface area contributed by atoms with Gasteiger partial charge in [-0.2, -0.15) is 0 Å². The Morgan fingerprint density at radius 3 is 2.23 bits per heavy atom. The smallest absolute Gasteiger partial charge is 0.260 e. The Balaban J connectivity index is 1.50. The molecule has 0 radical (unpaired) electrons. The molecule has 0 fully saturated rings. The summed E-state index contributed by atoms with van der Waals surface area (Å²) in [6.07, 6.45) is 1.61. The highest BCUT2D eigenvalue weighted by Crippen LogP contribution is 2.32. The number of hydrogen-bond donors (Lipinski definition) is 0. The summed E-state index contributed by atoms with van der Waals surface area (Å²) in [6.45, 7) is 0.0777. The first kappa shape index (κ1) is 22.5. The summed E-state index contributed by atoms with van der Waals surface area (Å²) in [7, 11) is 0. The molecule has 2 aromatic heterocycles. The number of aromatic nitrogens is 2. The summed E-state index contributed by atoms with van der Waals surface area (Å²) in [5, 5.41) is 0.213. The second kappa shape index (κ2) is 9.52. The lowest BCUT2D eigenvalue weighted by atomic mass is 10.0. The molecule has 1 amide bonds. The van der Waals surface area contributed by atoms with Gasteiger partial charge in [-0.1, -0.05) is 59.9 Å². The highest BCUT2D eigenvalue weighted by molar-refractivity contribution is 7.22. The highest BCUT2D eigenvalue weighted by atomic mass is 32.1. The van der Waals surface area contributed by atoms with Gasteiger partial charge in [0.25, 0.3) is 5.91 Å². The van der Waals surface area contributed by atoms with Crippen LogP contribution >= 0.6 is 11.3 Å².